The molecule has 0 spiro atoms. The van der Waals surface area contributed by atoms with Gasteiger partial charge >= 0.3 is 0 Å². The first kappa shape index (κ1) is 14.4. The lowest BCUT2D eigenvalue weighted by molar-refractivity contribution is -0.147. The van der Waals surface area contributed by atoms with Crippen molar-refractivity contribution in [2.75, 3.05) is 0 Å². The zero-order valence-corrected chi connectivity index (χ0v) is 12.7. The van der Waals surface area contributed by atoms with Gasteiger partial charge in [-0.25, -0.2) is 0 Å². The molecule has 0 aromatic heterocycles. The number of hydrogen-bond donors (Lipinski definition) is 1. The lowest BCUT2D eigenvalue weighted by Crippen LogP contribution is -2.57. The van der Waals surface area contributed by atoms with E-state index in [1.807, 2.05) is 0 Å². The normalized spacial score (nSPS) is 30.3. The second-order valence-electron chi connectivity index (χ2n) is 6.39. The molecule has 0 heterocycles. The highest BCUT2D eigenvalue weighted by atomic mass is 16.5. The van der Waals surface area contributed by atoms with Gasteiger partial charge in [0.15, 0.2) is 0 Å². The van der Waals surface area contributed by atoms with E-state index in [9.17, 15) is 5.11 Å². The highest BCUT2D eigenvalue weighted by molar-refractivity contribution is 5.36. The summed E-state index contributed by atoms with van der Waals surface area (Å²) in [6.07, 6.45) is 1.60. The summed E-state index contributed by atoms with van der Waals surface area (Å²) in [5.74, 6) is 1.47. The summed E-state index contributed by atoms with van der Waals surface area (Å²) in [6, 6.07) is 6.34. The van der Waals surface area contributed by atoms with E-state index in [4.69, 9.17) is 4.74 Å². The first-order valence-corrected chi connectivity index (χ1v) is 7.33. The Bertz CT molecular complexity index is 453. The predicted octanol–water partition coefficient (Wildman–Crippen LogP) is 4.05. The maximum absolute atomic E-state index is 9.91. The van der Waals surface area contributed by atoms with E-state index in [1.54, 1.807) is 0 Å². The Morgan fingerprint density at radius 1 is 1.42 bits per heavy atom. The van der Waals surface area contributed by atoms with Crippen molar-refractivity contribution in [1.29, 1.82) is 0 Å². The first-order chi connectivity index (χ1) is 8.88. The molecule has 1 aliphatic rings. The number of aliphatic hydroxyl groups is 1. The quantitative estimate of drug-likeness (QED) is 0.887. The summed E-state index contributed by atoms with van der Waals surface area (Å²) >= 11 is 0. The summed E-state index contributed by atoms with van der Waals surface area (Å²) in [7, 11) is 0. The Labute approximate surface area is 116 Å². The van der Waals surface area contributed by atoms with Crippen LogP contribution in [-0.4, -0.2) is 17.3 Å². The van der Waals surface area contributed by atoms with E-state index in [2.05, 4.69) is 52.8 Å². The lowest BCUT2D eigenvalue weighted by Gasteiger charge is -2.50. The fourth-order valence-electron chi connectivity index (χ4n) is 2.97. The molecule has 3 unspecified atom stereocenters. The van der Waals surface area contributed by atoms with Gasteiger partial charge in [-0.1, -0.05) is 33.8 Å². The zero-order chi connectivity index (χ0) is 14.2. The summed E-state index contributed by atoms with van der Waals surface area (Å²) in [5, 5.41) is 9.91. The molecule has 0 aliphatic heterocycles. The molecule has 19 heavy (non-hydrogen) atoms. The molecule has 2 nitrogen and oxygen atoms in total. The Kier molecular flexibility index (Phi) is 3.91. The van der Waals surface area contributed by atoms with Crippen molar-refractivity contribution in [3.8, 4) is 5.75 Å². The molecule has 1 fully saturated rings. The van der Waals surface area contributed by atoms with Crippen molar-refractivity contribution in [3.63, 3.8) is 0 Å². The second kappa shape index (κ2) is 5.16. The number of benzene rings is 1. The van der Waals surface area contributed by atoms with Crippen LogP contribution in [0.25, 0.3) is 0 Å². The summed E-state index contributed by atoms with van der Waals surface area (Å²) < 4.78 is 6.08. The van der Waals surface area contributed by atoms with Crippen molar-refractivity contribution < 1.29 is 9.84 Å². The number of ether oxygens (including phenoxy) is 1. The molecular weight excluding hydrogens is 236 g/mol. The third-order valence-corrected chi connectivity index (χ3v) is 4.84. The van der Waals surface area contributed by atoms with Gasteiger partial charge in [-0.15, -0.1) is 0 Å². The number of aryl methyl sites for hydroxylation is 1. The van der Waals surface area contributed by atoms with E-state index in [1.165, 1.54) is 11.1 Å². The van der Waals surface area contributed by atoms with Crippen molar-refractivity contribution in [1.82, 2.24) is 0 Å². The van der Waals surface area contributed by atoms with Crippen LogP contribution in [0.1, 0.15) is 57.6 Å². The Balaban J connectivity index is 2.11. The van der Waals surface area contributed by atoms with Crippen molar-refractivity contribution in [3.05, 3.63) is 29.3 Å². The number of hydrogen-bond acceptors (Lipinski definition) is 2. The highest BCUT2D eigenvalue weighted by Gasteiger charge is 2.51. The van der Waals surface area contributed by atoms with Crippen LogP contribution in [-0.2, 0) is 0 Å². The molecule has 3 atom stereocenters. The van der Waals surface area contributed by atoms with Crippen LogP contribution < -0.4 is 4.74 Å². The molecular formula is C17H26O2. The fraction of sp³-hybridized carbons (Fsp3) is 0.647. The minimum atomic E-state index is -0.224. The van der Waals surface area contributed by atoms with E-state index in [0.717, 1.165) is 18.6 Å². The largest absolute Gasteiger partial charge is 0.490 e. The van der Waals surface area contributed by atoms with E-state index >= 15 is 0 Å². The van der Waals surface area contributed by atoms with Gasteiger partial charge in [0, 0.05) is 11.8 Å². The van der Waals surface area contributed by atoms with Gasteiger partial charge in [-0.05, 0) is 42.5 Å². The van der Waals surface area contributed by atoms with Gasteiger partial charge < -0.3 is 9.84 Å². The monoisotopic (exact) mass is 262 g/mol. The molecule has 0 bridgehead atoms. The van der Waals surface area contributed by atoms with Gasteiger partial charge in [-0.2, -0.15) is 0 Å². The molecule has 2 heteroatoms. The molecule has 1 aliphatic carbocycles. The van der Waals surface area contributed by atoms with E-state index < -0.39 is 0 Å². The van der Waals surface area contributed by atoms with Crippen LogP contribution in [0, 0.1) is 12.3 Å². The third kappa shape index (κ3) is 2.51. The SMILES string of the molecule is CCC1(C)C(O)CC1Oc1ccc(C(C)C)c(C)c1. The first-order valence-electron chi connectivity index (χ1n) is 7.33. The van der Waals surface area contributed by atoms with Crippen LogP contribution in [0.3, 0.4) is 0 Å². The van der Waals surface area contributed by atoms with Gasteiger partial charge in [0.25, 0.3) is 0 Å². The lowest BCUT2D eigenvalue weighted by atomic mass is 9.63. The maximum Gasteiger partial charge on any atom is 0.120 e. The van der Waals surface area contributed by atoms with Crippen LogP contribution in [0.4, 0.5) is 0 Å². The molecule has 106 valence electrons. The van der Waals surface area contributed by atoms with Crippen molar-refractivity contribution in [2.24, 2.45) is 5.41 Å². The van der Waals surface area contributed by atoms with Crippen LogP contribution in [0.15, 0.2) is 18.2 Å². The van der Waals surface area contributed by atoms with Gasteiger partial charge in [0.1, 0.15) is 11.9 Å². The summed E-state index contributed by atoms with van der Waals surface area (Å²) in [4.78, 5) is 0. The fourth-order valence-corrected chi connectivity index (χ4v) is 2.97. The highest BCUT2D eigenvalue weighted by Crippen LogP contribution is 2.46. The summed E-state index contributed by atoms with van der Waals surface area (Å²) in [5.41, 5.74) is 2.56. The molecule has 0 amide bonds. The topological polar surface area (TPSA) is 29.5 Å². The molecule has 1 N–H and O–H groups in total. The minimum Gasteiger partial charge on any atom is -0.490 e. The average Bonchev–Trinajstić information content (AvgIpc) is 2.37. The Morgan fingerprint density at radius 2 is 2.11 bits per heavy atom. The van der Waals surface area contributed by atoms with Gasteiger partial charge in [0.2, 0.25) is 0 Å². The van der Waals surface area contributed by atoms with Crippen LogP contribution in [0.5, 0.6) is 5.75 Å². The Morgan fingerprint density at radius 3 is 2.58 bits per heavy atom. The van der Waals surface area contributed by atoms with Crippen molar-refractivity contribution >= 4 is 0 Å². The summed E-state index contributed by atoms with van der Waals surface area (Å²) in [6.45, 7) is 10.8. The van der Waals surface area contributed by atoms with Gasteiger partial charge in [0.05, 0.1) is 6.10 Å². The molecule has 1 aromatic rings. The second-order valence-corrected chi connectivity index (χ2v) is 6.39. The predicted molar refractivity (Wildman–Crippen MR) is 78.7 cm³/mol. The van der Waals surface area contributed by atoms with Crippen LogP contribution in [0.2, 0.25) is 0 Å². The smallest absolute Gasteiger partial charge is 0.120 e. The average molecular weight is 262 g/mol. The molecule has 1 aromatic carbocycles. The van der Waals surface area contributed by atoms with Crippen molar-refractivity contribution in [2.45, 2.75) is 65.6 Å². The van der Waals surface area contributed by atoms with E-state index in [0.29, 0.717) is 5.92 Å². The van der Waals surface area contributed by atoms with E-state index in [-0.39, 0.29) is 17.6 Å². The number of rotatable bonds is 4. The minimum absolute atomic E-state index is 0.0926. The van der Waals surface area contributed by atoms with Gasteiger partial charge in [-0.3, -0.25) is 0 Å². The van der Waals surface area contributed by atoms with Crippen LogP contribution >= 0.6 is 0 Å². The Hall–Kier alpha value is -1.02. The standard InChI is InChI=1S/C17H26O2/c1-6-17(5)15(18)10-16(17)19-13-7-8-14(11(2)3)12(4)9-13/h7-9,11,15-16,18H,6,10H2,1-5H3. The molecule has 0 saturated heterocycles. The zero-order valence-electron chi connectivity index (χ0n) is 12.7. The third-order valence-electron chi connectivity index (χ3n) is 4.84. The molecule has 0 radical (unpaired) electrons. The maximum atomic E-state index is 9.91. The molecule has 2 rings (SSSR count). The number of aliphatic hydroxyl groups excluding tert-OH is 1. The molecule has 1 saturated carbocycles.